The normalized spacial score (nSPS) is 23.5. The fraction of sp³-hybridized carbons (Fsp3) is 0.786. The maximum Gasteiger partial charge on any atom is 0.203 e. The zero-order valence-electron chi connectivity index (χ0n) is 11.8. The molecule has 0 amide bonds. The third kappa shape index (κ3) is 3.05. The van der Waals surface area contributed by atoms with Gasteiger partial charge in [0.2, 0.25) is 5.95 Å². The second kappa shape index (κ2) is 6.23. The van der Waals surface area contributed by atoms with Crippen molar-refractivity contribution in [3.63, 3.8) is 0 Å². The van der Waals surface area contributed by atoms with E-state index in [-0.39, 0.29) is 0 Å². The first kappa shape index (κ1) is 13.4. The zero-order valence-corrected chi connectivity index (χ0v) is 11.8. The fourth-order valence-electron chi connectivity index (χ4n) is 2.70. The summed E-state index contributed by atoms with van der Waals surface area (Å²) in [6.07, 6.45) is 8.45. The smallest absolute Gasteiger partial charge is 0.203 e. The van der Waals surface area contributed by atoms with Crippen LogP contribution in [0, 0.1) is 6.92 Å². The van der Waals surface area contributed by atoms with Crippen LogP contribution in [0.4, 0.5) is 5.95 Å². The van der Waals surface area contributed by atoms with E-state index in [9.17, 15) is 0 Å². The first-order valence-electron chi connectivity index (χ1n) is 7.07. The van der Waals surface area contributed by atoms with Crippen LogP contribution >= 0.6 is 0 Å². The molecule has 1 saturated carbocycles. The number of nitrogens with one attached hydrogen (secondary N) is 1. The molecule has 1 aromatic heterocycles. The summed E-state index contributed by atoms with van der Waals surface area (Å²) in [7, 11) is 1.81. The van der Waals surface area contributed by atoms with Gasteiger partial charge in [-0.05, 0) is 32.6 Å². The lowest BCUT2D eigenvalue weighted by Crippen LogP contribution is -2.31. The lowest BCUT2D eigenvalue weighted by atomic mass is 10.2. The summed E-state index contributed by atoms with van der Waals surface area (Å²) < 4.78 is 7.76. The molecule has 2 atom stereocenters. The molecule has 2 unspecified atom stereocenters. The molecule has 1 fully saturated rings. The van der Waals surface area contributed by atoms with E-state index in [1.54, 1.807) is 7.11 Å². The number of aryl methyl sites for hydroxylation is 2. The average Bonchev–Trinajstić information content (AvgIpc) is 2.94. The van der Waals surface area contributed by atoms with E-state index in [4.69, 9.17) is 4.74 Å². The largest absolute Gasteiger partial charge is 0.379 e. The molecule has 0 saturated heterocycles. The van der Waals surface area contributed by atoms with Gasteiger partial charge in [-0.1, -0.05) is 13.3 Å². The number of hydrogen-bond acceptors (Lipinski definition) is 3. The van der Waals surface area contributed by atoms with Crippen molar-refractivity contribution in [2.75, 3.05) is 12.4 Å². The number of imidazole rings is 1. The molecular weight excluding hydrogens is 226 g/mol. The molecular formula is C14H25N3O. The molecule has 1 aliphatic rings. The Labute approximate surface area is 110 Å². The van der Waals surface area contributed by atoms with E-state index in [2.05, 4.69) is 34.9 Å². The van der Waals surface area contributed by atoms with Gasteiger partial charge in [0, 0.05) is 19.9 Å². The van der Waals surface area contributed by atoms with E-state index in [0.717, 1.165) is 24.6 Å². The van der Waals surface area contributed by atoms with Crippen molar-refractivity contribution in [3.8, 4) is 0 Å². The molecule has 0 bridgehead atoms. The molecule has 0 aromatic carbocycles. The molecule has 4 heteroatoms. The van der Waals surface area contributed by atoms with Crippen LogP contribution in [0.25, 0.3) is 0 Å². The monoisotopic (exact) mass is 251 g/mol. The van der Waals surface area contributed by atoms with E-state index >= 15 is 0 Å². The number of nitrogens with zero attached hydrogens (tertiary/aromatic N) is 2. The minimum atomic E-state index is 0.335. The molecule has 2 rings (SSSR count). The van der Waals surface area contributed by atoms with Gasteiger partial charge in [-0.25, -0.2) is 4.98 Å². The number of ether oxygens (including phenoxy) is 1. The molecule has 1 N–H and O–H groups in total. The van der Waals surface area contributed by atoms with Crippen molar-refractivity contribution in [1.29, 1.82) is 0 Å². The van der Waals surface area contributed by atoms with Gasteiger partial charge in [0.1, 0.15) is 0 Å². The Bertz CT molecular complexity index is 375. The Hall–Kier alpha value is -1.03. The average molecular weight is 251 g/mol. The van der Waals surface area contributed by atoms with Gasteiger partial charge in [0.25, 0.3) is 0 Å². The second-order valence-corrected chi connectivity index (χ2v) is 5.21. The highest BCUT2D eigenvalue weighted by Gasteiger charge is 2.27. The predicted molar refractivity (Wildman–Crippen MR) is 73.9 cm³/mol. The molecule has 0 aliphatic heterocycles. The van der Waals surface area contributed by atoms with Crippen LogP contribution in [0.3, 0.4) is 0 Å². The fourth-order valence-corrected chi connectivity index (χ4v) is 2.70. The number of anilines is 1. The number of hydrogen-bond donors (Lipinski definition) is 1. The predicted octanol–water partition coefficient (Wildman–Crippen LogP) is 2.97. The highest BCUT2D eigenvalue weighted by atomic mass is 16.5. The van der Waals surface area contributed by atoms with E-state index < -0.39 is 0 Å². The van der Waals surface area contributed by atoms with E-state index in [0.29, 0.717) is 12.1 Å². The first-order chi connectivity index (χ1) is 8.74. The maximum absolute atomic E-state index is 5.52. The van der Waals surface area contributed by atoms with Crippen LogP contribution in [-0.4, -0.2) is 28.8 Å². The Morgan fingerprint density at radius 3 is 3.06 bits per heavy atom. The summed E-state index contributed by atoms with van der Waals surface area (Å²) in [5.41, 5.74) is 1.08. The number of aromatic nitrogens is 2. The van der Waals surface area contributed by atoms with Crippen molar-refractivity contribution in [1.82, 2.24) is 9.55 Å². The highest BCUT2D eigenvalue weighted by Crippen LogP contribution is 2.25. The van der Waals surface area contributed by atoms with Crippen molar-refractivity contribution in [3.05, 3.63) is 11.9 Å². The Balaban J connectivity index is 2.03. The Kier molecular flexibility index (Phi) is 4.64. The molecule has 1 aromatic rings. The molecule has 1 heterocycles. The van der Waals surface area contributed by atoms with Gasteiger partial charge in [-0.3, -0.25) is 0 Å². The summed E-state index contributed by atoms with van der Waals surface area (Å²) in [5, 5.41) is 3.57. The topological polar surface area (TPSA) is 39.1 Å². The SMILES string of the molecule is CCCCn1cc(C)nc1NC1CCCC1OC. The minimum absolute atomic E-state index is 0.335. The van der Waals surface area contributed by atoms with Crippen molar-refractivity contribution < 1.29 is 4.74 Å². The van der Waals surface area contributed by atoms with Gasteiger partial charge in [-0.15, -0.1) is 0 Å². The summed E-state index contributed by atoms with van der Waals surface area (Å²) >= 11 is 0. The lowest BCUT2D eigenvalue weighted by molar-refractivity contribution is 0.101. The van der Waals surface area contributed by atoms with E-state index in [1.165, 1.54) is 25.7 Å². The quantitative estimate of drug-likeness (QED) is 0.845. The summed E-state index contributed by atoms with van der Waals surface area (Å²) in [4.78, 5) is 4.59. The first-order valence-corrected chi connectivity index (χ1v) is 7.07. The van der Waals surface area contributed by atoms with Crippen molar-refractivity contribution in [2.24, 2.45) is 0 Å². The zero-order chi connectivity index (χ0) is 13.0. The number of rotatable bonds is 6. The molecule has 18 heavy (non-hydrogen) atoms. The molecule has 4 nitrogen and oxygen atoms in total. The molecule has 102 valence electrons. The van der Waals surface area contributed by atoms with Gasteiger partial charge < -0.3 is 14.6 Å². The summed E-state index contributed by atoms with van der Waals surface area (Å²) in [6.45, 7) is 5.31. The van der Waals surface area contributed by atoms with Crippen LogP contribution in [0.15, 0.2) is 6.20 Å². The molecule has 0 radical (unpaired) electrons. The standard InChI is InChI=1S/C14H25N3O/c1-4-5-9-17-10-11(2)15-14(17)16-12-7-6-8-13(12)18-3/h10,12-13H,4-9H2,1-3H3,(H,15,16). The third-order valence-electron chi connectivity index (χ3n) is 3.72. The summed E-state index contributed by atoms with van der Waals surface area (Å²) in [6, 6.07) is 0.414. The van der Waals surface area contributed by atoms with Crippen LogP contribution in [0.5, 0.6) is 0 Å². The van der Waals surface area contributed by atoms with Gasteiger partial charge in [-0.2, -0.15) is 0 Å². The van der Waals surface area contributed by atoms with E-state index in [1.807, 2.05) is 0 Å². The van der Waals surface area contributed by atoms with Crippen LogP contribution in [-0.2, 0) is 11.3 Å². The Morgan fingerprint density at radius 2 is 2.33 bits per heavy atom. The number of methoxy groups -OCH3 is 1. The number of unbranched alkanes of at least 4 members (excludes halogenated alkanes) is 1. The van der Waals surface area contributed by atoms with Gasteiger partial charge >= 0.3 is 0 Å². The van der Waals surface area contributed by atoms with Crippen LogP contribution in [0.2, 0.25) is 0 Å². The van der Waals surface area contributed by atoms with Gasteiger partial charge in [0.05, 0.1) is 17.8 Å². The third-order valence-corrected chi connectivity index (χ3v) is 3.72. The van der Waals surface area contributed by atoms with Crippen LogP contribution in [0.1, 0.15) is 44.7 Å². The molecule has 0 spiro atoms. The van der Waals surface area contributed by atoms with Crippen LogP contribution < -0.4 is 5.32 Å². The maximum atomic E-state index is 5.52. The van der Waals surface area contributed by atoms with Crippen molar-refractivity contribution in [2.45, 2.75) is 64.6 Å². The second-order valence-electron chi connectivity index (χ2n) is 5.21. The molecule has 1 aliphatic carbocycles. The minimum Gasteiger partial charge on any atom is -0.379 e. The Morgan fingerprint density at radius 1 is 1.50 bits per heavy atom. The lowest BCUT2D eigenvalue weighted by Gasteiger charge is -2.20. The van der Waals surface area contributed by atoms with Gasteiger partial charge in [0.15, 0.2) is 0 Å². The summed E-state index contributed by atoms with van der Waals surface area (Å²) in [5.74, 6) is 1.01. The highest BCUT2D eigenvalue weighted by molar-refractivity contribution is 5.31. The van der Waals surface area contributed by atoms with Crippen molar-refractivity contribution >= 4 is 5.95 Å².